The minimum atomic E-state index is -4.31. The molecule has 2 nitrogen and oxygen atoms in total. The van der Waals surface area contributed by atoms with Crippen LogP contribution in [0.5, 0.6) is 11.5 Å². The Morgan fingerprint density at radius 1 is 0.900 bits per heavy atom. The number of hydrogen-bond donors (Lipinski definition) is 0. The van der Waals surface area contributed by atoms with Gasteiger partial charge in [0.2, 0.25) is 6.79 Å². The van der Waals surface area contributed by atoms with E-state index in [-0.39, 0.29) is 6.79 Å². The average molecular weight is 280 g/mol. The van der Waals surface area contributed by atoms with Crippen LogP contribution < -0.4 is 9.47 Å². The van der Waals surface area contributed by atoms with Crippen molar-refractivity contribution in [1.29, 1.82) is 0 Å². The maximum Gasteiger partial charge on any atom is 0.416 e. The van der Waals surface area contributed by atoms with Crippen molar-refractivity contribution in [2.24, 2.45) is 0 Å². The van der Waals surface area contributed by atoms with Gasteiger partial charge in [0.15, 0.2) is 11.5 Å². The Labute approximate surface area is 113 Å². The quantitative estimate of drug-likeness (QED) is 0.827. The molecule has 3 rings (SSSR count). The predicted molar refractivity (Wildman–Crippen MR) is 66.8 cm³/mol. The highest BCUT2D eigenvalue weighted by atomic mass is 19.4. The first-order valence-electron chi connectivity index (χ1n) is 6.07. The summed E-state index contributed by atoms with van der Waals surface area (Å²) in [6, 6.07) is 10.7. The van der Waals surface area contributed by atoms with Crippen LogP contribution in [-0.2, 0) is 12.6 Å². The smallest absolute Gasteiger partial charge is 0.416 e. The summed E-state index contributed by atoms with van der Waals surface area (Å²) in [7, 11) is 0. The second-order valence-corrected chi connectivity index (χ2v) is 4.56. The number of benzene rings is 2. The molecular weight excluding hydrogens is 269 g/mol. The lowest BCUT2D eigenvalue weighted by Gasteiger charge is -2.09. The van der Waals surface area contributed by atoms with Crippen molar-refractivity contribution in [2.75, 3.05) is 6.79 Å². The molecule has 1 aliphatic rings. The van der Waals surface area contributed by atoms with Gasteiger partial charge < -0.3 is 9.47 Å². The molecular formula is C15H11F3O2. The molecule has 0 aromatic heterocycles. The first-order valence-corrected chi connectivity index (χ1v) is 6.07. The van der Waals surface area contributed by atoms with Crippen molar-refractivity contribution in [3.8, 4) is 11.5 Å². The summed E-state index contributed by atoms with van der Waals surface area (Å²) in [4.78, 5) is 0. The minimum Gasteiger partial charge on any atom is -0.454 e. The lowest BCUT2D eigenvalue weighted by Crippen LogP contribution is -2.05. The van der Waals surface area contributed by atoms with Gasteiger partial charge in [-0.25, -0.2) is 0 Å². The van der Waals surface area contributed by atoms with Crippen LogP contribution in [0.15, 0.2) is 42.5 Å². The molecule has 0 saturated carbocycles. The van der Waals surface area contributed by atoms with E-state index in [1.165, 1.54) is 12.1 Å². The van der Waals surface area contributed by atoms with Crippen molar-refractivity contribution in [3.05, 3.63) is 59.2 Å². The Balaban J connectivity index is 1.84. The fourth-order valence-electron chi connectivity index (χ4n) is 2.14. The second kappa shape index (κ2) is 4.74. The second-order valence-electron chi connectivity index (χ2n) is 4.56. The summed E-state index contributed by atoms with van der Waals surface area (Å²) in [6.07, 6.45) is -3.90. The van der Waals surface area contributed by atoms with Gasteiger partial charge in [0.1, 0.15) is 0 Å². The fourth-order valence-corrected chi connectivity index (χ4v) is 2.14. The average Bonchev–Trinajstić information content (AvgIpc) is 2.85. The predicted octanol–water partition coefficient (Wildman–Crippen LogP) is 4.02. The Morgan fingerprint density at radius 2 is 1.65 bits per heavy atom. The number of alkyl halides is 3. The van der Waals surface area contributed by atoms with E-state index in [1.54, 1.807) is 18.2 Å². The van der Waals surface area contributed by atoms with Crippen molar-refractivity contribution < 1.29 is 22.6 Å². The number of rotatable bonds is 2. The standard InChI is InChI=1S/C15H11F3O2/c16-15(17,18)12-3-1-2-10(7-12)6-11-4-5-13-14(8-11)20-9-19-13/h1-5,7-8H,6,9H2. The van der Waals surface area contributed by atoms with Crippen molar-refractivity contribution in [3.63, 3.8) is 0 Å². The topological polar surface area (TPSA) is 18.5 Å². The molecule has 2 aromatic carbocycles. The molecule has 0 fully saturated rings. The van der Waals surface area contributed by atoms with E-state index >= 15 is 0 Å². The highest BCUT2D eigenvalue weighted by Gasteiger charge is 2.30. The molecule has 20 heavy (non-hydrogen) atoms. The third kappa shape index (κ3) is 2.57. The molecule has 1 heterocycles. The van der Waals surface area contributed by atoms with Gasteiger partial charge in [0, 0.05) is 0 Å². The van der Waals surface area contributed by atoms with Crippen LogP contribution in [0.2, 0.25) is 0 Å². The number of hydrogen-bond acceptors (Lipinski definition) is 2. The Bertz CT molecular complexity index is 635. The van der Waals surface area contributed by atoms with Gasteiger partial charge in [0.25, 0.3) is 0 Å². The van der Waals surface area contributed by atoms with E-state index in [0.717, 1.165) is 11.6 Å². The van der Waals surface area contributed by atoms with Gasteiger partial charge >= 0.3 is 6.18 Å². The third-order valence-corrected chi connectivity index (χ3v) is 3.10. The van der Waals surface area contributed by atoms with E-state index in [2.05, 4.69) is 0 Å². The first-order chi connectivity index (χ1) is 9.52. The molecule has 0 atom stereocenters. The third-order valence-electron chi connectivity index (χ3n) is 3.10. The molecule has 0 unspecified atom stereocenters. The zero-order valence-corrected chi connectivity index (χ0v) is 10.4. The lowest BCUT2D eigenvalue weighted by molar-refractivity contribution is -0.137. The number of fused-ring (bicyclic) bond motifs is 1. The van der Waals surface area contributed by atoms with Crippen LogP contribution in [0.1, 0.15) is 16.7 Å². The van der Waals surface area contributed by atoms with E-state index in [0.29, 0.717) is 23.5 Å². The summed E-state index contributed by atoms with van der Waals surface area (Å²) < 4.78 is 48.4. The Kier molecular flexibility index (Phi) is 3.04. The van der Waals surface area contributed by atoms with Crippen LogP contribution in [0.25, 0.3) is 0 Å². The van der Waals surface area contributed by atoms with Crippen molar-refractivity contribution in [1.82, 2.24) is 0 Å². The zero-order valence-electron chi connectivity index (χ0n) is 10.4. The van der Waals surface area contributed by atoms with Gasteiger partial charge in [-0.05, 0) is 35.7 Å². The summed E-state index contributed by atoms with van der Waals surface area (Å²) in [6.45, 7) is 0.183. The van der Waals surface area contributed by atoms with Crippen molar-refractivity contribution in [2.45, 2.75) is 12.6 Å². The maximum atomic E-state index is 12.7. The summed E-state index contributed by atoms with van der Waals surface area (Å²) >= 11 is 0. The van der Waals surface area contributed by atoms with Crippen LogP contribution in [0, 0.1) is 0 Å². The fraction of sp³-hybridized carbons (Fsp3) is 0.200. The highest BCUT2D eigenvalue weighted by molar-refractivity contribution is 5.45. The molecule has 0 amide bonds. The van der Waals surface area contributed by atoms with Crippen LogP contribution in [-0.4, -0.2) is 6.79 Å². The summed E-state index contributed by atoms with van der Waals surface area (Å²) in [5.74, 6) is 1.30. The largest absolute Gasteiger partial charge is 0.454 e. The van der Waals surface area contributed by atoms with Crippen LogP contribution >= 0.6 is 0 Å². The molecule has 0 saturated heterocycles. The molecule has 0 N–H and O–H groups in total. The molecule has 0 bridgehead atoms. The molecule has 0 aliphatic carbocycles. The van der Waals surface area contributed by atoms with Gasteiger partial charge in [-0.2, -0.15) is 13.2 Å². The molecule has 104 valence electrons. The summed E-state index contributed by atoms with van der Waals surface area (Å²) in [5, 5.41) is 0. The maximum absolute atomic E-state index is 12.7. The zero-order chi connectivity index (χ0) is 14.2. The molecule has 0 spiro atoms. The van der Waals surface area contributed by atoms with E-state index < -0.39 is 11.7 Å². The molecule has 2 aromatic rings. The Morgan fingerprint density at radius 3 is 2.45 bits per heavy atom. The van der Waals surface area contributed by atoms with Gasteiger partial charge in [-0.3, -0.25) is 0 Å². The van der Waals surface area contributed by atoms with E-state index in [9.17, 15) is 13.2 Å². The monoisotopic (exact) mass is 280 g/mol. The minimum absolute atomic E-state index is 0.183. The van der Waals surface area contributed by atoms with Gasteiger partial charge in [0.05, 0.1) is 5.56 Å². The first kappa shape index (κ1) is 12.8. The Hall–Kier alpha value is -2.17. The normalized spacial score (nSPS) is 13.6. The van der Waals surface area contributed by atoms with Crippen molar-refractivity contribution >= 4 is 0 Å². The molecule has 5 heteroatoms. The van der Waals surface area contributed by atoms with Gasteiger partial charge in [-0.1, -0.05) is 24.3 Å². The van der Waals surface area contributed by atoms with E-state index in [4.69, 9.17) is 9.47 Å². The molecule has 1 aliphatic heterocycles. The highest BCUT2D eigenvalue weighted by Crippen LogP contribution is 2.34. The number of ether oxygens (including phenoxy) is 2. The molecule has 0 radical (unpaired) electrons. The van der Waals surface area contributed by atoms with Crippen LogP contribution in [0.3, 0.4) is 0 Å². The van der Waals surface area contributed by atoms with Gasteiger partial charge in [-0.15, -0.1) is 0 Å². The number of halogens is 3. The summed E-state index contributed by atoms with van der Waals surface area (Å²) in [5.41, 5.74) is 0.864. The van der Waals surface area contributed by atoms with Crippen LogP contribution in [0.4, 0.5) is 13.2 Å². The van der Waals surface area contributed by atoms with E-state index in [1.807, 2.05) is 6.07 Å². The SMILES string of the molecule is FC(F)(F)c1cccc(Cc2ccc3c(c2)OCO3)c1. The lowest BCUT2D eigenvalue weighted by atomic mass is 10.0.